The van der Waals surface area contributed by atoms with Gasteiger partial charge in [-0.15, -0.1) is 0 Å². The zero-order valence-electron chi connectivity index (χ0n) is 12.5. The van der Waals surface area contributed by atoms with Crippen LogP contribution in [0.3, 0.4) is 0 Å². The van der Waals surface area contributed by atoms with E-state index in [9.17, 15) is 9.18 Å². The minimum absolute atomic E-state index is 0.188. The number of carbonyl (C=O) groups is 1. The molecule has 0 aliphatic carbocycles. The Labute approximate surface area is 124 Å². The fourth-order valence-electron chi connectivity index (χ4n) is 2.30. The summed E-state index contributed by atoms with van der Waals surface area (Å²) in [6.07, 6.45) is 0. The number of amides is 1. The first-order valence-corrected chi connectivity index (χ1v) is 6.82. The largest absolute Gasteiger partial charge is 0.381 e. The van der Waals surface area contributed by atoms with Crippen LogP contribution in [0.25, 0.3) is 0 Å². The third-order valence-corrected chi connectivity index (χ3v) is 3.06. The number of aryl methyl sites for hydroxylation is 2. The maximum absolute atomic E-state index is 13.6. The molecule has 0 spiro atoms. The van der Waals surface area contributed by atoms with E-state index in [-0.39, 0.29) is 11.6 Å². The van der Waals surface area contributed by atoms with Gasteiger partial charge in [-0.1, -0.05) is 29.3 Å². The molecule has 0 bridgehead atoms. The highest BCUT2D eigenvalue weighted by Crippen LogP contribution is 2.20. The van der Waals surface area contributed by atoms with Crippen LogP contribution in [0, 0.1) is 19.7 Å². The molecule has 0 heterocycles. The van der Waals surface area contributed by atoms with Crippen molar-refractivity contribution < 1.29 is 9.18 Å². The second-order valence-electron chi connectivity index (χ2n) is 5.23. The summed E-state index contributed by atoms with van der Waals surface area (Å²) in [4.78, 5) is 11.0. The van der Waals surface area contributed by atoms with Crippen molar-refractivity contribution in [2.75, 3.05) is 10.6 Å². The summed E-state index contributed by atoms with van der Waals surface area (Å²) >= 11 is 0. The number of anilines is 2. The zero-order chi connectivity index (χ0) is 15.4. The molecule has 0 unspecified atom stereocenters. The number of hydrogen-bond donors (Lipinski definition) is 2. The van der Waals surface area contributed by atoms with Gasteiger partial charge in [0.25, 0.3) is 0 Å². The normalized spacial score (nSPS) is 10.3. The number of halogens is 1. The van der Waals surface area contributed by atoms with Crippen molar-refractivity contribution in [1.29, 1.82) is 0 Å². The number of hydrogen-bond acceptors (Lipinski definition) is 2. The van der Waals surface area contributed by atoms with Crippen LogP contribution in [0.2, 0.25) is 0 Å². The lowest BCUT2D eigenvalue weighted by Crippen LogP contribution is -2.08. The van der Waals surface area contributed by atoms with Crippen LogP contribution in [0.4, 0.5) is 15.8 Å². The third kappa shape index (κ3) is 4.31. The number of benzene rings is 2. The maximum Gasteiger partial charge on any atom is 0.221 e. The van der Waals surface area contributed by atoms with E-state index in [0.717, 1.165) is 11.3 Å². The van der Waals surface area contributed by atoms with Crippen molar-refractivity contribution in [3.05, 3.63) is 58.9 Å². The fourth-order valence-corrected chi connectivity index (χ4v) is 2.30. The lowest BCUT2D eigenvalue weighted by atomic mass is 10.1. The van der Waals surface area contributed by atoms with Crippen molar-refractivity contribution in [3.63, 3.8) is 0 Å². The van der Waals surface area contributed by atoms with Gasteiger partial charge in [0, 0.05) is 19.2 Å². The van der Waals surface area contributed by atoms with Gasteiger partial charge in [0.15, 0.2) is 0 Å². The van der Waals surface area contributed by atoms with Gasteiger partial charge in [-0.05, 0) is 37.6 Å². The molecule has 0 fully saturated rings. The van der Waals surface area contributed by atoms with E-state index >= 15 is 0 Å². The molecule has 3 nitrogen and oxygen atoms in total. The molecule has 110 valence electrons. The fraction of sp³-hybridized carbons (Fsp3) is 0.235. The maximum atomic E-state index is 13.6. The Morgan fingerprint density at radius 3 is 2.38 bits per heavy atom. The Morgan fingerprint density at radius 1 is 1.10 bits per heavy atom. The van der Waals surface area contributed by atoms with Crippen LogP contribution in [-0.4, -0.2) is 5.91 Å². The average Bonchev–Trinajstić information content (AvgIpc) is 2.38. The van der Waals surface area contributed by atoms with E-state index in [1.807, 2.05) is 0 Å². The quantitative estimate of drug-likeness (QED) is 0.891. The topological polar surface area (TPSA) is 41.1 Å². The molecule has 0 atom stereocenters. The molecule has 2 N–H and O–H groups in total. The molecule has 0 aliphatic heterocycles. The minimum atomic E-state index is -0.442. The molecule has 0 radical (unpaired) electrons. The van der Waals surface area contributed by atoms with Crippen LogP contribution in [-0.2, 0) is 11.3 Å². The van der Waals surface area contributed by atoms with E-state index in [1.165, 1.54) is 24.1 Å². The first-order chi connectivity index (χ1) is 9.94. The SMILES string of the molecule is CC(=O)Nc1cc(NCc2cc(C)cc(C)c2)ccc1F. The smallest absolute Gasteiger partial charge is 0.221 e. The highest BCUT2D eigenvalue weighted by atomic mass is 19.1. The van der Waals surface area contributed by atoms with Gasteiger partial charge in [-0.2, -0.15) is 0 Å². The van der Waals surface area contributed by atoms with Crippen LogP contribution in [0.1, 0.15) is 23.6 Å². The molecule has 2 aromatic rings. The van der Waals surface area contributed by atoms with Gasteiger partial charge < -0.3 is 10.6 Å². The molecule has 0 aromatic heterocycles. The highest BCUT2D eigenvalue weighted by molar-refractivity contribution is 5.89. The van der Waals surface area contributed by atoms with Crippen molar-refractivity contribution in [2.45, 2.75) is 27.3 Å². The van der Waals surface area contributed by atoms with Crippen LogP contribution < -0.4 is 10.6 Å². The minimum Gasteiger partial charge on any atom is -0.381 e. The van der Waals surface area contributed by atoms with Crippen molar-refractivity contribution in [3.8, 4) is 0 Å². The van der Waals surface area contributed by atoms with Gasteiger partial charge in [0.1, 0.15) is 5.82 Å². The van der Waals surface area contributed by atoms with Gasteiger partial charge >= 0.3 is 0 Å². The second kappa shape index (κ2) is 6.39. The van der Waals surface area contributed by atoms with Gasteiger partial charge in [0.05, 0.1) is 5.69 Å². The summed E-state index contributed by atoms with van der Waals surface area (Å²) in [5.74, 6) is -0.734. The molecular formula is C17H19FN2O. The molecule has 2 rings (SSSR count). The van der Waals surface area contributed by atoms with Crippen LogP contribution in [0.5, 0.6) is 0 Å². The Balaban J connectivity index is 2.11. The molecular weight excluding hydrogens is 267 g/mol. The lowest BCUT2D eigenvalue weighted by Gasteiger charge is -2.11. The summed E-state index contributed by atoms with van der Waals surface area (Å²) in [6, 6.07) is 10.9. The Morgan fingerprint density at radius 2 is 1.76 bits per heavy atom. The Kier molecular flexibility index (Phi) is 4.58. The molecule has 21 heavy (non-hydrogen) atoms. The summed E-state index contributed by atoms with van der Waals surface area (Å²) in [7, 11) is 0. The Hall–Kier alpha value is -2.36. The third-order valence-electron chi connectivity index (χ3n) is 3.06. The monoisotopic (exact) mass is 286 g/mol. The van der Waals surface area contributed by atoms with Gasteiger partial charge in [-0.3, -0.25) is 4.79 Å². The number of nitrogens with one attached hydrogen (secondary N) is 2. The molecule has 4 heteroatoms. The van der Waals surface area contributed by atoms with E-state index in [1.54, 1.807) is 12.1 Å². The summed E-state index contributed by atoms with van der Waals surface area (Å²) in [6.45, 7) is 6.12. The van der Waals surface area contributed by atoms with Crippen molar-refractivity contribution in [1.82, 2.24) is 0 Å². The van der Waals surface area contributed by atoms with Crippen LogP contribution in [0.15, 0.2) is 36.4 Å². The van der Waals surface area contributed by atoms with E-state index in [2.05, 4.69) is 42.7 Å². The lowest BCUT2D eigenvalue weighted by molar-refractivity contribution is -0.114. The van der Waals surface area contributed by atoms with Gasteiger partial charge in [0.2, 0.25) is 5.91 Å². The predicted octanol–water partition coefficient (Wildman–Crippen LogP) is 4.01. The molecule has 1 amide bonds. The average molecular weight is 286 g/mol. The first-order valence-electron chi connectivity index (χ1n) is 6.82. The zero-order valence-corrected chi connectivity index (χ0v) is 12.5. The number of rotatable bonds is 4. The summed E-state index contributed by atoms with van der Waals surface area (Å²) in [5, 5.41) is 5.71. The molecule has 2 aromatic carbocycles. The predicted molar refractivity (Wildman–Crippen MR) is 83.9 cm³/mol. The molecule has 0 saturated heterocycles. The second-order valence-corrected chi connectivity index (χ2v) is 5.23. The molecule has 0 aliphatic rings. The Bertz CT molecular complexity index is 648. The summed E-state index contributed by atoms with van der Waals surface area (Å²) in [5.41, 5.74) is 4.54. The van der Waals surface area contributed by atoms with Crippen molar-refractivity contribution in [2.24, 2.45) is 0 Å². The number of carbonyl (C=O) groups excluding carboxylic acids is 1. The summed E-state index contributed by atoms with van der Waals surface area (Å²) < 4.78 is 13.6. The van der Waals surface area contributed by atoms with Gasteiger partial charge in [-0.25, -0.2) is 4.39 Å². The molecule has 0 saturated carbocycles. The standard InChI is InChI=1S/C17H19FN2O/c1-11-6-12(2)8-14(7-11)10-19-15-4-5-16(18)17(9-15)20-13(3)21/h4-9,19H,10H2,1-3H3,(H,20,21). The van der Waals surface area contributed by atoms with Crippen LogP contribution >= 0.6 is 0 Å². The highest BCUT2D eigenvalue weighted by Gasteiger charge is 2.05. The van der Waals surface area contributed by atoms with E-state index < -0.39 is 5.82 Å². The first kappa shape index (κ1) is 15.0. The van der Waals surface area contributed by atoms with Crippen molar-refractivity contribution >= 4 is 17.3 Å². The van der Waals surface area contributed by atoms with E-state index in [0.29, 0.717) is 6.54 Å². The van der Waals surface area contributed by atoms with E-state index in [4.69, 9.17) is 0 Å².